The fraction of sp³-hybridized carbons (Fsp3) is 0.143. The van der Waals surface area contributed by atoms with Crippen LogP contribution in [0, 0.1) is 6.92 Å². The fourth-order valence-corrected chi connectivity index (χ4v) is 3.48. The third kappa shape index (κ3) is 3.47. The van der Waals surface area contributed by atoms with E-state index in [1.54, 1.807) is 6.20 Å². The van der Waals surface area contributed by atoms with Crippen LogP contribution in [-0.2, 0) is 11.2 Å². The number of anilines is 2. The van der Waals surface area contributed by atoms with Crippen LogP contribution in [0.1, 0.15) is 23.6 Å². The number of aryl methyl sites for hydroxylation is 1. The molecule has 1 aromatic carbocycles. The van der Waals surface area contributed by atoms with Gasteiger partial charge in [0.05, 0.1) is 16.8 Å². The average molecular weight is 388 g/mol. The van der Waals surface area contributed by atoms with E-state index in [4.69, 9.17) is 16.2 Å². The van der Waals surface area contributed by atoms with Crippen molar-refractivity contribution in [1.82, 2.24) is 19.5 Å². The minimum Gasteiger partial charge on any atom is -0.407 e. The van der Waals surface area contributed by atoms with Crippen molar-refractivity contribution in [1.29, 1.82) is 0 Å². The lowest BCUT2D eigenvalue weighted by molar-refractivity contribution is -0.132. The Balaban J connectivity index is 1.89. The molecule has 3 aromatic heterocycles. The van der Waals surface area contributed by atoms with Gasteiger partial charge >= 0.3 is 5.97 Å². The van der Waals surface area contributed by atoms with Gasteiger partial charge in [-0.25, -0.2) is 0 Å². The van der Waals surface area contributed by atoms with Crippen molar-refractivity contribution in [2.45, 2.75) is 20.3 Å². The largest absolute Gasteiger partial charge is 0.407 e. The number of esters is 1. The first-order valence-electron chi connectivity index (χ1n) is 9.05. The quantitative estimate of drug-likeness (QED) is 0.515. The SMILES string of the molecule is CC(=O)Oc1nc(N)nc(N)c1Cc1cc(C)c(-n2cccc2)c2ncccc12. The molecule has 0 amide bonds. The molecule has 0 radical (unpaired) electrons. The van der Waals surface area contributed by atoms with Crippen molar-refractivity contribution in [3.05, 3.63) is 65.6 Å². The zero-order valence-electron chi connectivity index (χ0n) is 16.1. The van der Waals surface area contributed by atoms with Gasteiger partial charge in [0.1, 0.15) is 5.82 Å². The Bertz CT molecular complexity index is 1220. The Morgan fingerprint density at radius 2 is 1.93 bits per heavy atom. The first-order chi connectivity index (χ1) is 13.9. The van der Waals surface area contributed by atoms with Gasteiger partial charge in [0.2, 0.25) is 11.8 Å². The highest BCUT2D eigenvalue weighted by Gasteiger charge is 2.19. The van der Waals surface area contributed by atoms with Gasteiger partial charge < -0.3 is 20.8 Å². The molecule has 0 spiro atoms. The highest BCUT2D eigenvalue weighted by Crippen LogP contribution is 2.32. The van der Waals surface area contributed by atoms with E-state index in [0.29, 0.717) is 12.0 Å². The van der Waals surface area contributed by atoms with Crippen LogP contribution in [0.25, 0.3) is 16.6 Å². The van der Waals surface area contributed by atoms with Gasteiger partial charge in [-0.2, -0.15) is 9.97 Å². The molecular formula is C21H20N6O2. The second-order valence-corrected chi connectivity index (χ2v) is 6.71. The maximum atomic E-state index is 11.5. The Labute approximate surface area is 167 Å². The number of nitrogen functional groups attached to an aromatic ring is 2. The topological polar surface area (TPSA) is 122 Å². The van der Waals surface area contributed by atoms with Crippen molar-refractivity contribution in [2.75, 3.05) is 11.5 Å². The van der Waals surface area contributed by atoms with Gasteiger partial charge in [-0.3, -0.25) is 9.78 Å². The molecule has 0 bridgehead atoms. The van der Waals surface area contributed by atoms with Crippen molar-refractivity contribution in [3.8, 4) is 11.6 Å². The molecule has 0 fully saturated rings. The van der Waals surface area contributed by atoms with E-state index in [9.17, 15) is 4.79 Å². The molecule has 0 unspecified atom stereocenters. The Morgan fingerprint density at radius 3 is 2.66 bits per heavy atom. The normalized spacial score (nSPS) is 11.0. The second-order valence-electron chi connectivity index (χ2n) is 6.71. The smallest absolute Gasteiger partial charge is 0.309 e. The zero-order valence-corrected chi connectivity index (χ0v) is 16.1. The Kier molecular flexibility index (Phi) is 4.59. The summed E-state index contributed by atoms with van der Waals surface area (Å²) in [6, 6.07) is 9.91. The van der Waals surface area contributed by atoms with Crippen molar-refractivity contribution >= 4 is 28.6 Å². The van der Waals surface area contributed by atoms with E-state index in [1.807, 2.05) is 48.1 Å². The van der Waals surface area contributed by atoms with Gasteiger partial charge in [0.15, 0.2) is 0 Å². The molecule has 29 heavy (non-hydrogen) atoms. The number of ether oxygens (including phenoxy) is 1. The Hall–Kier alpha value is -3.94. The first kappa shape index (κ1) is 18.4. The predicted octanol–water partition coefficient (Wildman–Crippen LogP) is 2.80. The van der Waals surface area contributed by atoms with Crippen LogP contribution >= 0.6 is 0 Å². The van der Waals surface area contributed by atoms with Gasteiger partial charge in [-0.1, -0.05) is 12.1 Å². The molecule has 146 valence electrons. The molecule has 0 saturated heterocycles. The molecule has 0 aliphatic heterocycles. The fourth-order valence-electron chi connectivity index (χ4n) is 3.48. The molecule has 3 heterocycles. The number of hydrogen-bond donors (Lipinski definition) is 2. The van der Waals surface area contributed by atoms with Gasteiger partial charge in [0.25, 0.3) is 0 Å². The molecule has 0 saturated carbocycles. The molecule has 4 rings (SSSR count). The summed E-state index contributed by atoms with van der Waals surface area (Å²) in [5.74, 6) is -0.299. The second kappa shape index (κ2) is 7.23. The summed E-state index contributed by atoms with van der Waals surface area (Å²) in [4.78, 5) is 24.2. The number of carbonyl (C=O) groups excluding carboxylic acids is 1. The maximum absolute atomic E-state index is 11.5. The molecular weight excluding hydrogens is 368 g/mol. The van der Waals surface area contributed by atoms with E-state index in [2.05, 4.69) is 21.0 Å². The number of rotatable bonds is 4. The molecule has 8 heteroatoms. The van der Waals surface area contributed by atoms with Gasteiger partial charge in [-0.15, -0.1) is 0 Å². The molecule has 0 aliphatic carbocycles. The highest BCUT2D eigenvalue weighted by molar-refractivity contribution is 5.91. The molecule has 0 aliphatic rings. The van der Waals surface area contributed by atoms with Crippen LogP contribution in [0.15, 0.2) is 48.9 Å². The first-order valence-corrected chi connectivity index (χ1v) is 9.05. The van der Waals surface area contributed by atoms with E-state index in [0.717, 1.165) is 27.7 Å². The van der Waals surface area contributed by atoms with Crippen LogP contribution in [0.2, 0.25) is 0 Å². The number of carbonyl (C=O) groups is 1. The molecule has 0 atom stereocenters. The number of benzene rings is 1. The van der Waals surface area contributed by atoms with E-state index >= 15 is 0 Å². The minimum atomic E-state index is -0.505. The average Bonchev–Trinajstić information content (AvgIpc) is 3.18. The van der Waals surface area contributed by atoms with Gasteiger partial charge in [0, 0.05) is 37.3 Å². The van der Waals surface area contributed by atoms with Gasteiger partial charge in [-0.05, 0) is 36.2 Å². The van der Waals surface area contributed by atoms with E-state index < -0.39 is 5.97 Å². The number of pyridine rings is 1. The monoisotopic (exact) mass is 388 g/mol. The molecule has 4 N–H and O–H groups in total. The summed E-state index contributed by atoms with van der Waals surface area (Å²) >= 11 is 0. The van der Waals surface area contributed by atoms with Crippen molar-refractivity contribution in [2.24, 2.45) is 0 Å². The van der Waals surface area contributed by atoms with Crippen molar-refractivity contribution < 1.29 is 9.53 Å². The van der Waals surface area contributed by atoms with E-state index in [1.165, 1.54) is 6.92 Å². The minimum absolute atomic E-state index is 0.0480. The Morgan fingerprint density at radius 1 is 1.17 bits per heavy atom. The number of hydrogen-bond acceptors (Lipinski definition) is 7. The van der Waals surface area contributed by atoms with Crippen LogP contribution in [0.3, 0.4) is 0 Å². The molecule has 4 aromatic rings. The summed E-state index contributed by atoms with van der Waals surface area (Å²) < 4.78 is 7.28. The van der Waals surface area contributed by atoms with Crippen LogP contribution in [0.5, 0.6) is 5.88 Å². The lowest BCUT2D eigenvalue weighted by Gasteiger charge is -2.16. The lowest BCUT2D eigenvalue weighted by Crippen LogP contribution is -2.12. The van der Waals surface area contributed by atoms with E-state index in [-0.39, 0.29) is 17.6 Å². The van der Waals surface area contributed by atoms with Crippen molar-refractivity contribution in [3.63, 3.8) is 0 Å². The third-order valence-corrected chi connectivity index (χ3v) is 4.63. The molecule has 8 nitrogen and oxygen atoms in total. The summed E-state index contributed by atoms with van der Waals surface area (Å²) in [7, 11) is 0. The number of nitrogens with zero attached hydrogens (tertiary/aromatic N) is 4. The van der Waals surface area contributed by atoms with Crippen LogP contribution < -0.4 is 16.2 Å². The van der Waals surface area contributed by atoms with Crippen LogP contribution in [-0.4, -0.2) is 25.5 Å². The maximum Gasteiger partial charge on any atom is 0.309 e. The lowest BCUT2D eigenvalue weighted by atomic mass is 9.97. The standard InChI is InChI=1S/C21H20N6O2/c1-12-10-14(11-16-19(22)25-21(23)26-20(16)29-13(2)28)15-6-5-7-24-17(15)18(12)27-8-3-4-9-27/h3-10H,11H2,1-2H3,(H4,22,23,25,26). The third-order valence-electron chi connectivity index (χ3n) is 4.63. The highest BCUT2D eigenvalue weighted by atomic mass is 16.5. The summed E-state index contributed by atoms with van der Waals surface area (Å²) in [5.41, 5.74) is 16.2. The zero-order chi connectivity index (χ0) is 20.5. The number of fused-ring (bicyclic) bond motifs is 1. The number of nitrogens with two attached hydrogens (primary N) is 2. The summed E-state index contributed by atoms with van der Waals surface area (Å²) in [5, 5.41) is 0.965. The predicted molar refractivity (Wildman–Crippen MR) is 111 cm³/mol. The van der Waals surface area contributed by atoms with Crippen LogP contribution in [0.4, 0.5) is 11.8 Å². The summed E-state index contributed by atoms with van der Waals surface area (Å²) in [6.07, 6.45) is 6.11. The summed E-state index contributed by atoms with van der Waals surface area (Å²) in [6.45, 7) is 3.33. The number of aromatic nitrogens is 4.